The number of hydrogen-bond acceptors (Lipinski definition) is 2. The highest BCUT2D eigenvalue weighted by molar-refractivity contribution is 6.39. The van der Waals surface area contributed by atoms with Crippen LogP contribution in [-0.2, 0) is 9.53 Å². The number of amides is 1. The van der Waals surface area contributed by atoms with E-state index in [4.69, 9.17) is 27.9 Å². The number of morpholine rings is 1. The van der Waals surface area contributed by atoms with Gasteiger partial charge in [-0.25, -0.2) is 0 Å². The molecule has 18 heavy (non-hydrogen) atoms. The highest BCUT2D eigenvalue weighted by Crippen LogP contribution is 2.29. The summed E-state index contributed by atoms with van der Waals surface area (Å²) in [6.45, 7) is 3.52. The van der Waals surface area contributed by atoms with Crippen LogP contribution in [0.1, 0.15) is 0 Å². The predicted molar refractivity (Wildman–Crippen MR) is 71.5 cm³/mol. The molecule has 98 valence electrons. The lowest BCUT2D eigenvalue weighted by atomic mass is 10.3. The number of benzene rings is 1. The summed E-state index contributed by atoms with van der Waals surface area (Å²) in [4.78, 5) is 13.1. The normalized spacial score (nSPS) is 16.6. The number of halogens is 2. The van der Waals surface area contributed by atoms with E-state index in [1.807, 2.05) is 0 Å². The number of anilines is 1. The van der Waals surface area contributed by atoms with Gasteiger partial charge in [-0.3, -0.25) is 4.79 Å². The van der Waals surface area contributed by atoms with Gasteiger partial charge in [-0.05, 0) is 12.1 Å². The van der Waals surface area contributed by atoms with Crippen LogP contribution in [0.15, 0.2) is 18.2 Å². The molecule has 6 heteroatoms. The first-order valence-electron chi connectivity index (χ1n) is 5.82. The molecule has 0 aliphatic carbocycles. The zero-order valence-electron chi connectivity index (χ0n) is 9.84. The number of carbonyl (C=O) groups is 1. The molecule has 0 aromatic heterocycles. The Bertz CT molecular complexity index is 414. The third-order valence-electron chi connectivity index (χ3n) is 2.84. The fourth-order valence-electron chi connectivity index (χ4n) is 1.86. The summed E-state index contributed by atoms with van der Waals surface area (Å²) < 4.78 is 5.24. The van der Waals surface area contributed by atoms with Gasteiger partial charge in [-0.2, -0.15) is 0 Å². The number of carbonyl (C=O) groups excluding carboxylic acids is 1. The van der Waals surface area contributed by atoms with Crippen LogP contribution in [0.4, 0.5) is 5.69 Å². The van der Waals surface area contributed by atoms with Crippen LogP contribution in [-0.4, -0.2) is 38.8 Å². The quantitative estimate of drug-likeness (QED) is 0.866. The Morgan fingerprint density at radius 1 is 1.28 bits per heavy atom. The third-order valence-corrected chi connectivity index (χ3v) is 3.47. The van der Waals surface area contributed by atoms with Gasteiger partial charge in [0.25, 0.3) is 5.91 Å². The Labute approximate surface area is 116 Å². The minimum atomic E-state index is -0.0816. The van der Waals surface area contributed by atoms with E-state index in [0.29, 0.717) is 35.5 Å². The van der Waals surface area contributed by atoms with Crippen LogP contribution in [0.25, 0.3) is 0 Å². The van der Waals surface area contributed by atoms with E-state index in [0.717, 1.165) is 13.1 Å². The summed E-state index contributed by atoms with van der Waals surface area (Å²) >= 11 is 12.0. The molecule has 0 atom stereocenters. The third kappa shape index (κ3) is 3.59. The van der Waals surface area contributed by atoms with Crippen LogP contribution in [0.3, 0.4) is 0 Å². The summed E-state index contributed by atoms with van der Waals surface area (Å²) in [5, 5.41) is 3.66. The average molecular weight is 290 g/mol. The molecule has 1 amide bonds. The minimum Gasteiger partial charge on any atom is -0.370 e. The maximum Gasteiger partial charge on any atom is 0.279 e. The van der Waals surface area contributed by atoms with Gasteiger partial charge in [0.05, 0.1) is 28.9 Å². The van der Waals surface area contributed by atoms with E-state index >= 15 is 0 Å². The van der Waals surface area contributed by atoms with E-state index in [1.165, 1.54) is 4.90 Å². The first-order chi connectivity index (χ1) is 8.66. The fourth-order valence-corrected chi connectivity index (χ4v) is 2.36. The minimum absolute atomic E-state index is 0.0816. The lowest BCUT2D eigenvalue weighted by molar-refractivity contribution is -0.899. The molecule has 0 saturated carbocycles. The van der Waals surface area contributed by atoms with E-state index in [1.54, 1.807) is 18.2 Å². The van der Waals surface area contributed by atoms with Gasteiger partial charge in [0.1, 0.15) is 13.1 Å². The number of hydrogen-bond donors (Lipinski definition) is 2. The molecule has 2 rings (SSSR count). The Hall–Kier alpha value is -0.810. The van der Waals surface area contributed by atoms with Crippen molar-refractivity contribution in [3.63, 3.8) is 0 Å². The Morgan fingerprint density at radius 2 is 1.89 bits per heavy atom. The van der Waals surface area contributed by atoms with E-state index < -0.39 is 0 Å². The van der Waals surface area contributed by atoms with Crippen molar-refractivity contribution in [1.29, 1.82) is 0 Å². The summed E-state index contributed by atoms with van der Waals surface area (Å²) in [5.74, 6) is -0.0816. The molecule has 1 fully saturated rings. The van der Waals surface area contributed by atoms with E-state index in [2.05, 4.69) is 5.32 Å². The van der Waals surface area contributed by atoms with E-state index in [9.17, 15) is 4.79 Å². The maximum atomic E-state index is 11.9. The van der Waals surface area contributed by atoms with Gasteiger partial charge >= 0.3 is 0 Å². The van der Waals surface area contributed by atoms with Crippen LogP contribution in [0.5, 0.6) is 0 Å². The predicted octanol–water partition coefficient (Wildman–Crippen LogP) is 0.847. The largest absolute Gasteiger partial charge is 0.370 e. The van der Waals surface area contributed by atoms with Crippen molar-refractivity contribution in [2.24, 2.45) is 0 Å². The van der Waals surface area contributed by atoms with Crippen molar-refractivity contribution in [3.8, 4) is 0 Å². The molecule has 1 aromatic carbocycles. The second-order valence-corrected chi connectivity index (χ2v) is 5.00. The molecule has 1 aliphatic rings. The summed E-state index contributed by atoms with van der Waals surface area (Å²) in [5.41, 5.74) is 0.485. The lowest BCUT2D eigenvalue weighted by Gasteiger charge is -2.23. The summed E-state index contributed by atoms with van der Waals surface area (Å²) in [7, 11) is 0. The van der Waals surface area contributed by atoms with Gasteiger partial charge in [-0.1, -0.05) is 29.3 Å². The van der Waals surface area contributed by atoms with Crippen molar-refractivity contribution in [1.82, 2.24) is 0 Å². The van der Waals surface area contributed by atoms with Crippen LogP contribution >= 0.6 is 23.2 Å². The molecule has 1 saturated heterocycles. The molecule has 4 nitrogen and oxygen atoms in total. The first-order valence-corrected chi connectivity index (χ1v) is 6.57. The van der Waals surface area contributed by atoms with Gasteiger partial charge in [0.2, 0.25) is 0 Å². The number of ether oxygens (including phenoxy) is 1. The SMILES string of the molecule is O=C(C[NH+]1CCOCC1)Nc1c(Cl)cccc1Cl. The Balaban J connectivity index is 1.94. The monoisotopic (exact) mass is 289 g/mol. The van der Waals surface area contributed by atoms with Crippen molar-refractivity contribution >= 4 is 34.8 Å². The molecule has 1 aliphatic heterocycles. The number of nitrogens with one attached hydrogen (secondary N) is 2. The van der Waals surface area contributed by atoms with Crippen molar-refractivity contribution in [2.75, 3.05) is 38.2 Å². The molecule has 2 N–H and O–H groups in total. The van der Waals surface area contributed by atoms with Gasteiger partial charge in [-0.15, -0.1) is 0 Å². The first kappa shape index (κ1) is 13.6. The number of para-hydroxylation sites is 1. The van der Waals surface area contributed by atoms with Gasteiger partial charge < -0.3 is 15.0 Å². The highest BCUT2D eigenvalue weighted by atomic mass is 35.5. The van der Waals surface area contributed by atoms with Crippen molar-refractivity contribution < 1.29 is 14.4 Å². The smallest absolute Gasteiger partial charge is 0.279 e. The summed E-state index contributed by atoms with van der Waals surface area (Å²) in [6, 6.07) is 5.14. The lowest BCUT2D eigenvalue weighted by Crippen LogP contribution is -3.15. The molecule has 0 bridgehead atoms. The van der Waals surface area contributed by atoms with Crippen molar-refractivity contribution in [3.05, 3.63) is 28.2 Å². The summed E-state index contributed by atoms with van der Waals surface area (Å²) in [6.07, 6.45) is 0. The van der Waals surface area contributed by atoms with Crippen LogP contribution in [0, 0.1) is 0 Å². The van der Waals surface area contributed by atoms with E-state index in [-0.39, 0.29) is 5.91 Å². The zero-order valence-corrected chi connectivity index (χ0v) is 11.4. The maximum absolute atomic E-state index is 11.9. The van der Waals surface area contributed by atoms with Crippen molar-refractivity contribution in [2.45, 2.75) is 0 Å². The molecule has 1 aromatic rings. The second-order valence-electron chi connectivity index (χ2n) is 4.18. The topological polar surface area (TPSA) is 42.8 Å². The molecular formula is C12H15Cl2N2O2+. The van der Waals surface area contributed by atoms with Gasteiger partial charge in [0.15, 0.2) is 6.54 Å². The average Bonchev–Trinajstić information content (AvgIpc) is 2.35. The molecule has 0 radical (unpaired) electrons. The number of quaternary nitrogens is 1. The van der Waals surface area contributed by atoms with Gasteiger partial charge in [0, 0.05) is 0 Å². The fraction of sp³-hybridized carbons (Fsp3) is 0.417. The van der Waals surface area contributed by atoms with Crippen LogP contribution < -0.4 is 10.2 Å². The Kier molecular flexibility index (Phi) is 4.83. The zero-order chi connectivity index (χ0) is 13.0. The molecular weight excluding hydrogens is 275 g/mol. The highest BCUT2D eigenvalue weighted by Gasteiger charge is 2.18. The standard InChI is InChI=1S/C12H14Cl2N2O2/c13-9-2-1-3-10(14)12(9)15-11(17)8-16-4-6-18-7-5-16/h1-3H,4-8H2,(H,15,17)/p+1. The Morgan fingerprint density at radius 3 is 2.50 bits per heavy atom. The molecule has 0 spiro atoms. The number of rotatable bonds is 3. The van der Waals surface area contributed by atoms with Crippen LogP contribution in [0.2, 0.25) is 10.0 Å². The second kappa shape index (κ2) is 6.38. The molecule has 1 heterocycles. The molecule has 0 unspecified atom stereocenters.